The topological polar surface area (TPSA) is 32.7 Å². The van der Waals surface area contributed by atoms with Crippen LogP contribution in [-0.2, 0) is 4.79 Å². The lowest BCUT2D eigenvalue weighted by Gasteiger charge is -2.27. The zero-order valence-corrected chi connectivity index (χ0v) is 13.5. The summed E-state index contributed by atoms with van der Waals surface area (Å²) in [5.41, 5.74) is 2.80. The molecule has 3 nitrogen and oxygen atoms in total. The fourth-order valence-electron chi connectivity index (χ4n) is 2.55. The van der Waals surface area contributed by atoms with Crippen LogP contribution in [-0.4, -0.2) is 23.7 Å². The Morgan fingerprint density at radius 1 is 1.00 bits per heavy atom. The van der Waals surface area contributed by atoms with Crippen molar-refractivity contribution in [3.05, 3.63) is 69.7 Å². The molecule has 0 aromatic heterocycles. The summed E-state index contributed by atoms with van der Waals surface area (Å²) in [6.45, 7) is 0. The van der Waals surface area contributed by atoms with Gasteiger partial charge >= 0.3 is 0 Å². The van der Waals surface area contributed by atoms with Crippen LogP contribution in [0.25, 0.3) is 0 Å². The molecule has 1 aliphatic heterocycles. The first kappa shape index (κ1) is 15.1. The van der Waals surface area contributed by atoms with E-state index in [1.165, 1.54) is 5.01 Å². The van der Waals surface area contributed by atoms with Gasteiger partial charge in [0.15, 0.2) is 0 Å². The molecule has 0 N–H and O–H groups in total. The van der Waals surface area contributed by atoms with E-state index in [1.54, 1.807) is 19.2 Å². The number of carbonyl (C=O) groups excluding carboxylic acids is 1. The summed E-state index contributed by atoms with van der Waals surface area (Å²) in [5.74, 6) is -0.259. The summed E-state index contributed by atoms with van der Waals surface area (Å²) in [6.07, 6.45) is 0.562. The third-order valence-electron chi connectivity index (χ3n) is 3.74. The minimum atomic E-state index is -0.245. The molecule has 1 amide bonds. The highest BCUT2D eigenvalue weighted by Gasteiger charge is 2.30. The predicted octanol–water partition coefficient (Wildman–Crippen LogP) is 4.34. The smallest absolute Gasteiger partial charge is 0.250 e. The highest BCUT2D eigenvalue weighted by molar-refractivity contribution is 6.31. The standard InChI is InChI=1S/C17H14Cl2N2O/c1-21-17(22)15(11-2-6-13(18)7-3-11)10-16(20-21)12-4-8-14(19)9-5-12/h2-9,15H,10H2,1H3/t15-/m0/s1. The normalized spacial score (nSPS) is 18.3. The lowest BCUT2D eigenvalue weighted by molar-refractivity contribution is -0.132. The summed E-state index contributed by atoms with van der Waals surface area (Å²) < 4.78 is 0. The van der Waals surface area contributed by atoms with Crippen LogP contribution < -0.4 is 0 Å². The SMILES string of the molecule is CN1N=C(c2ccc(Cl)cc2)C[C@@H](c2ccc(Cl)cc2)C1=O. The molecule has 0 saturated heterocycles. The Morgan fingerprint density at radius 3 is 2.14 bits per heavy atom. The molecule has 1 atom stereocenters. The number of amides is 1. The first-order valence-electron chi connectivity index (χ1n) is 6.91. The summed E-state index contributed by atoms with van der Waals surface area (Å²) in [5, 5.41) is 7.14. The molecule has 3 rings (SSSR count). The van der Waals surface area contributed by atoms with Crippen LogP contribution >= 0.6 is 23.2 Å². The van der Waals surface area contributed by atoms with E-state index in [-0.39, 0.29) is 11.8 Å². The molecule has 0 aliphatic carbocycles. The lowest BCUT2D eigenvalue weighted by atomic mass is 9.89. The van der Waals surface area contributed by atoms with Crippen molar-refractivity contribution in [1.29, 1.82) is 0 Å². The molecule has 0 saturated carbocycles. The Labute approximate surface area is 139 Å². The van der Waals surface area contributed by atoms with Gasteiger partial charge in [-0.15, -0.1) is 0 Å². The summed E-state index contributed by atoms with van der Waals surface area (Å²) in [7, 11) is 1.68. The Bertz CT molecular complexity index is 723. The Hall–Kier alpha value is -1.84. The summed E-state index contributed by atoms with van der Waals surface area (Å²) in [6, 6.07) is 14.9. The largest absolute Gasteiger partial charge is 0.272 e. The maximum absolute atomic E-state index is 12.4. The van der Waals surface area contributed by atoms with Crippen molar-refractivity contribution in [1.82, 2.24) is 5.01 Å². The minimum Gasteiger partial charge on any atom is -0.272 e. The number of likely N-dealkylation sites (N-methyl/N-ethyl adjacent to an activating group) is 1. The van der Waals surface area contributed by atoms with E-state index in [0.29, 0.717) is 16.5 Å². The predicted molar refractivity (Wildman–Crippen MR) is 89.6 cm³/mol. The van der Waals surface area contributed by atoms with Crippen molar-refractivity contribution in [2.45, 2.75) is 12.3 Å². The second-order valence-corrected chi connectivity index (χ2v) is 6.10. The van der Waals surface area contributed by atoms with Gasteiger partial charge in [-0.25, -0.2) is 5.01 Å². The van der Waals surface area contributed by atoms with Crippen LogP contribution in [0.15, 0.2) is 53.6 Å². The van der Waals surface area contributed by atoms with Crippen LogP contribution in [0.2, 0.25) is 10.0 Å². The number of benzene rings is 2. The molecule has 2 aromatic rings. The zero-order valence-electron chi connectivity index (χ0n) is 12.0. The summed E-state index contributed by atoms with van der Waals surface area (Å²) >= 11 is 11.8. The first-order valence-corrected chi connectivity index (χ1v) is 7.66. The fourth-order valence-corrected chi connectivity index (χ4v) is 2.80. The van der Waals surface area contributed by atoms with Crippen molar-refractivity contribution in [3.8, 4) is 0 Å². The second-order valence-electron chi connectivity index (χ2n) is 5.22. The van der Waals surface area contributed by atoms with Gasteiger partial charge in [-0.1, -0.05) is 47.5 Å². The number of nitrogens with zero attached hydrogens (tertiary/aromatic N) is 2. The van der Waals surface area contributed by atoms with Gasteiger partial charge in [-0.2, -0.15) is 5.10 Å². The van der Waals surface area contributed by atoms with Crippen LogP contribution in [0.5, 0.6) is 0 Å². The monoisotopic (exact) mass is 332 g/mol. The van der Waals surface area contributed by atoms with Gasteiger partial charge in [0, 0.05) is 23.5 Å². The molecular formula is C17H14Cl2N2O. The molecule has 1 heterocycles. The molecule has 0 radical (unpaired) electrons. The van der Waals surface area contributed by atoms with E-state index in [2.05, 4.69) is 5.10 Å². The number of halogens is 2. The Balaban J connectivity index is 1.94. The molecular weight excluding hydrogens is 319 g/mol. The van der Waals surface area contributed by atoms with E-state index < -0.39 is 0 Å². The van der Waals surface area contributed by atoms with E-state index in [1.807, 2.05) is 36.4 Å². The first-order chi connectivity index (χ1) is 10.5. The van der Waals surface area contributed by atoms with Gasteiger partial charge in [0.1, 0.15) is 0 Å². The van der Waals surface area contributed by atoms with Gasteiger partial charge in [0.05, 0.1) is 11.6 Å². The lowest BCUT2D eigenvalue weighted by Crippen LogP contribution is -2.35. The van der Waals surface area contributed by atoms with Crippen molar-refractivity contribution in [2.24, 2.45) is 5.10 Å². The molecule has 1 aliphatic rings. The van der Waals surface area contributed by atoms with Gasteiger partial charge in [0.25, 0.3) is 0 Å². The molecule has 5 heteroatoms. The highest BCUT2D eigenvalue weighted by atomic mass is 35.5. The highest BCUT2D eigenvalue weighted by Crippen LogP contribution is 2.29. The van der Waals surface area contributed by atoms with E-state index in [4.69, 9.17) is 23.2 Å². The quantitative estimate of drug-likeness (QED) is 0.804. The molecule has 2 aromatic carbocycles. The molecule has 22 heavy (non-hydrogen) atoms. The number of hydrogen-bond donors (Lipinski definition) is 0. The van der Waals surface area contributed by atoms with Crippen LogP contribution in [0.4, 0.5) is 0 Å². The number of rotatable bonds is 2. The van der Waals surface area contributed by atoms with E-state index in [9.17, 15) is 4.79 Å². The van der Waals surface area contributed by atoms with Gasteiger partial charge in [-0.05, 0) is 35.4 Å². The number of hydrogen-bond acceptors (Lipinski definition) is 2. The number of hydrazone groups is 1. The molecule has 112 valence electrons. The maximum Gasteiger partial charge on any atom is 0.250 e. The van der Waals surface area contributed by atoms with E-state index in [0.717, 1.165) is 16.8 Å². The molecule has 0 unspecified atom stereocenters. The maximum atomic E-state index is 12.4. The van der Waals surface area contributed by atoms with E-state index >= 15 is 0 Å². The van der Waals surface area contributed by atoms with Crippen molar-refractivity contribution in [2.75, 3.05) is 7.05 Å². The molecule has 0 spiro atoms. The van der Waals surface area contributed by atoms with Gasteiger partial charge in [0.2, 0.25) is 5.91 Å². The Morgan fingerprint density at radius 2 is 1.55 bits per heavy atom. The number of carbonyl (C=O) groups is 1. The molecule has 0 fully saturated rings. The van der Waals surface area contributed by atoms with Crippen molar-refractivity contribution < 1.29 is 4.79 Å². The van der Waals surface area contributed by atoms with Crippen molar-refractivity contribution in [3.63, 3.8) is 0 Å². The second kappa shape index (κ2) is 6.11. The Kier molecular flexibility index (Phi) is 4.19. The van der Waals surface area contributed by atoms with Gasteiger partial charge < -0.3 is 0 Å². The van der Waals surface area contributed by atoms with Crippen LogP contribution in [0, 0.1) is 0 Å². The zero-order chi connectivity index (χ0) is 15.7. The van der Waals surface area contributed by atoms with Gasteiger partial charge in [-0.3, -0.25) is 4.79 Å². The average molecular weight is 333 g/mol. The van der Waals surface area contributed by atoms with Crippen LogP contribution in [0.3, 0.4) is 0 Å². The minimum absolute atomic E-state index is 0.0139. The third kappa shape index (κ3) is 3.01. The third-order valence-corrected chi connectivity index (χ3v) is 4.24. The van der Waals surface area contributed by atoms with Crippen molar-refractivity contribution >= 4 is 34.8 Å². The molecule has 0 bridgehead atoms. The average Bonchev–Trinajstić information content (AvgIpc) is 2.52. The summed E-state index contributed by atoms with van der Waals surface area (Å²) in [4.78, 5) is 12.4. The van der Waals surface area contributed by atoms with Crippen LogP contribution in [0.1, 0.15) is 23.5 Å². The fraction of sp³-hybridized carbons (Fsp3) is 0.176.